The van der Waals surface area contributed by atoms with Crippen LogP contribution >= 0.6 is 23.2 Å². The highest BCUT2D eigenvalue weighted by atomic mass is 35.5. The SMILES string of the molecule is C[C@H](O)CN(Cc1ccc2c(c1)OCO2)Cc1cccn1Cc1ccc(Cl)c(Cl)c1. The molecule has 1 aliphatic heterocycles. The lowest BCUT2D eigenvalue weighted by molar-refractivity contribution is 0.116. The second-order valence-electron chi connectivity index (χ2n) is 7.58. The van der Waals surface area contributed by atoms with Gasteiger partial charge in [-0.1, -0.05) is 35.3 Å². The van der Waals surface area contributed by atoms with Crippen molar-refractivity contribution < 1.29 is 14.6 Å². The van der Waals surface area contributed by atoms with E-state index in [0.29, 0.717) is 36.2 Å². The van der Waals surface area contributed by atoms with Crippen molar-refractivity contribution in [3.05, 3.63) is 81.6 Å². The van der Waals surface area contributed by atoms with Crippen molar-refractivity contribution in [1.82, 2.24) is 9.47 Å². The van der Waals surface area contributed by atoms with E-state index in [0.717, 1.165) is 28.3 Å². The van der Waals surface area contributed by atoms with Gasteiger partial charge in [-0.3, -0.25) is 4.90 Å². The van der Waals surface area contributed by atoms with E-state index in [1.54, 1.807) is 6.92 Å². The van der Waals surface area contributed by atoms with Crippen LogP contribution in [0, 0.1) is 0 Å². The molecule has 0 saturated carbocycles. The summed E-state index contributed by atoms with van der Waals surface area (Å²) in [5, 5.41) is 11.1. The number of aliphatic hydroxyl groups is 1. The predicted octanol–water partition coefficient (Wildman–Crippen LogP) is 4.95. The Hall–Kier alpha value is -2.18. The van der Waals surface area contributed by atoms with Gasteiger partial charge < -0.3 is 19.1 Å². The van der Waals surface area contributed by atoms with Crippen molar-refractivity contribution in [2.24, 2.45) is 0 Å². The quantitative estimate of drug-likeness (QED) is 0.531. The first-order valence-corrected chi connectivity index (χ1v) is 10.6. The third-order valence-electron chi connectivity index (χ3n) is 5.01. The van der Waals surface area contributed by atoms with Gasteiger partial charge in [-0.25, -0.2) is 0 Å². The summed E-state index contributed by atoms with van der Waals surface area (Å²) in [5.41, 5.74) is 3.35. The van der Waals surface area contributed by atoms with Crippen molar-refractivity contribution in [3.8, 4) is 11.5 Å². The molecule has 1 N–H and O–H groups in total. The molecule has 0 radical (unpaired) electrons. The normalized spacial score (nSPS) is 13.8. The number of ether oxygens (including phenoxy) is 2. The molecule has 1 atom stereocenters. The van der Waals surface area contributed by atoms with Crippen LogP contribution < -0.4 is 9.47 Å². The highest BCUT2D eigenvalue weighted by Crippen LogP contribution is 2.33. The summed E-state index contributed by atoms with van der Waals surface area (Å²) < 4.78 is 13.1. The highest BCUT2D eigenvalue weighted by Gasteiger charge is 2.17. The average molecular weight is 447 g/mol. The molecule has 3 aromatic rings. The van der Waals surface area contributed by atoms with Gasteiger partial charge >= 0.3 is 0 Å². The molecule has 30 heavy (non-hydrogen) atoms. The van der Waals surface area contributed by atoms with Crippen LogP contribution in [-0.4, -0.2) is 34.0 Å². The van der Waals surface area contributed by atoms with Crippen LogP contribution in [0.1, 0.15) is 23.7 Å². The molecule has 158 valence electrons. The molecule has 4 rings (SSSR count). The van der Waals surface area contributed by atoms with Gasteiger partial charge in [-0.2, -0.15) is 0 Å². The zero-order chi connectivity index (χ0) is 21.1. The Labute approximate surface area is 186 Å². The lowest BCUT2D eigenvalue weighted by Crippen LogP contribution is -2.31. The van der Waals surface area contributed by atoms with E-state index in [2.05, 4.69) is 21.7 Å². The van der Waals surface area contributed by atoms with Gasteiger partial charge in [0.05, 0.1) is 16.1 Å². The number of fused-ring (bicyclic) bond motifs is 1. The van der Waals surface area contributed by atoms with Gasteiger partial charge in [0.2, 0.25) is 6.79 Å². The Morgan fingerprint density at radius 1 is 1.00 bits per heavy atom. The maximum Gasteiger partial charge on any atom is 0.231 e. The Morgan fingerprint density at radius 2 is 1.80 bits per heavy atom. The summed E-state index contributed by atoms with van der Waals surface area (Å²) in [6, 6.07) is 15.8. The van der Waals surface area contributed by atoms with E-state index in [1.165, 1.54) is 0 Å². The molecular weight excluding hydrogens is 423 g/mol. The Balaban J connectivity index is 1.49. The van der Waals surface area contributed by atoms with Crippen LogP contribution in [0.15, 0.2) is 54.7 Å². The van der Waals surface area contributed by atoms with Gasteiger partial charge in [-0.05, 0) is 54.4 Å². The first-order valence-electron chi connectivity index (χ1n) is 9.85. The minimum absolute atomic E-state index is 0.262. The van der Waals surface area contributed by atoms with Gasteiger partial charge in [0, 0.05) is 38.1 Å². The zero-order valence-corrected chi connectivity index (χ0v) is 18.2. The summed E-state index contributed by atoms with van der Waals surface area (Å²) in [6.45, 7) is 4.73. The second-order valence-corrected chi connectivity index (χ2v) is 8.40. The summed E-state index contributed by atoms with van der Waals surface area (Å²) in [6.07, 6.45) is 1.62. The molecule has 0 bridgehead atoms. The molecule has 7 heteroatoms. The summed E-state index contributed by atoms with van der Waals surface area (Å²) in [5.74, 6) is 1.55. The minimum Gasteiger partial charge on any atom is -0.454 e. The first kappa shape index (κ1) is 21.1. The smallest absolute Gasteiger partial charge is 0.231 e. The van der Waals surface area contributed by atoms with E-state index in [4.69, 9.17) is 32.7 Å². The van der Waals surface area contributed by atoms with Crippen molar-refractivity contribution in [2.75, 3.05) is 13.3 Å². The Kier molecular flexibility index (Phi) is 6.54. The van der Waals surface area contributed by atoms with Crippen LogP contribution in [0.2, 0.25) is 10.0 Å². The van der Waals surface area contributed by atoms with Gasteiger partial charge in [0.1, 0.15) is 0 Å². The van der Waals surface area contributed by atoms with Crippen molar-refractivity contribution in [2.45, 2.75) is 32.7 Å². The molecule has 1 aliphatic rings. The summed E-state index contributed by atoms with van der Waals surface area (Å²) in [4.78, 5) is 2.23. The molecular formula is C23H24Cl2N2O3. The zero-order valence-electron chi connectivity index (χ0n) is 16.7. The fourth-order valence-electron chi connectivity index (χ4n) is 3.67. The number of halogens is 2. The average Bonchev–Trinajstić information content (AvgIpc) is 3.33. The topological polar surface area (TPSA) is 46.9 Å². The van der Waals surface area contributed by atoms with Gasteiger partial charge in [0.25, 0.3) is 0 Å². The van der Waals surface area contributed by atoms with Crippen LogP contribution in [0.3, 0.4) is 0 Å². The molecule has 0 saturated heterocycles. The van der Waals surface area contributed by atoms with Crippen molar-refractivity contribution in [1.29, 1.82) is 0 Å². The third-order valence-corrected chi connectivity index (χ3v) is 5.75. The van der Waals surface area contributed by atoms with Crippen molar-refractivity contribution >= 4 is 23.2 Å². The molecule has 0 unspecified atom stereocenters. The summed E-state index contributed by atoms with van der Waals surface area (Å²) >= 11 is 12.2. The first-order chi connectivity index (χ1) is 14.5. The van der Waals surface area contributed by atoms with E-state index in [1.807, 2.05) is 42.5 Å². The maximum atomic E-state index is 10.0. The van der Waals surface area contributed by atoms with Gasteiger partial charge in [0.15, 0.2) is 11.5 Å². The number of nitrogens with zero attached hydrogens (tertiary/aromatic N) is 2. The van der Waals surface area contributed by atoms with Crippen LogP contribution in [0.4, 0.5) is 0 Å². The van der Waals surface area contributed by atoms with E-state index in [-0.39, 0.29) is 6.79 Å². The number of aromatic nitrogens is 1. The molecule has 2 aromatic carbocycles. The molecule has 1 aromatic heterocycles. The molecule has 2 heterocycles. The highest BCUT2D eigenvalue weighted by molar-refractivity contribution is 6.42. The Bertz CT molecular complexity index is 1020. The molecule has 5 nitrogen and oxygen atoms in total. The van der Waals surface area contributed by atoms with Crippen LogP contribution in [0.5, 0.6) is 11.5 Å². The monoisotopic (exact) mass is 446 g/mol. The second kappa shape index (κ2) is 9.31. The molecule has 0 amide bonds. The fourth-order valence-corrected chi connectivity index (χ4v) is 3.99. The number of benzene rings is 2. The number of rotatable bonds is 8. The van der Waals surface area contributed by atoms with E-state index in [9.17, 15) is 5.11 Å². The lowest BCUT2D eigenvalue weighted by atomic mass is 10.1. The fraction of sp³-hybridized carbons (Fsp3) is 0.304. The maximum absolute atomic E-state index is 10.0. The van der Waals surface area contributed by atoms with Crippen LogP contribution in [0.25, 0.3) is 0 Å². The minimum atomic E-state index is -0.433. The largest absolute Gasteiger partial charge is 0.454 e. The van der Waals surface area contributed by atoms with E-state index < -0.39 is 6.10 Å². The number of aliphatic hydroxyl groups excluding tert-OH is 1. The molecule has 0 aliphatic carbocycles. The van der Waals surface area contributed by atoms with Crippen molar-refractivity contribution in [3.63, 3.8) is 0 Å². The molecule has 0 spiro atoms. The van der Waals surface area contributed by atoms with Gasteiger partial charge in [-0.15, -0.1) is 0 Å². The Morgan fingerprint density at radius 3 is 2.60 bits per heavy atom. The summed E-state index contributed by atoms with van der Waals surface area (Å²) in [7, 11) is 0. The number of hydrogen-bond acceptors (Lipinski definition) is 4. The third kappa shape index (κ3) is 5.10. The van der Waals surface area contributed by atoms with E-state index >= 15 is 0 Å². The van der Waals surface area contributed by atoms with Crippen LogP contribution in [-0.2, 0) is 19.6 Å². The predicted molar refractivity (Wildman–Crippen MR) is 118 cm³/mol. The molecule has 0 fully saturated rings. The number of hydrogen-bond donors (Lipinski definition) is 1. The lowest BCUT2D eigenvalue weighted by Gasteiger charge is -2.25. The standard InChI is InChI=1S/C23H24Cl2N2O3/c1-16(28)11-26(12-18-5-7-22-23(10-18)30-15-29-22)14-19-3-2-8-27(19)13-17-4-6-20(24)21(25)9-17/h2-10,16,28H,11-15H2,1H3/t16-/m0/s1.